The molecule has 0 aliphatic rings. The Morgan fingerprint density at radius 1 is 1.60 bits per heavy atom. The SMILES string of the molecule is N#CCc1cc(C(F)F)c(CN)c(Cl)n1. The molecule has 0 fully saturated rings. The van der Waals surface area contributed by atoms with E-state index in [1.165, 1.54) is 6.07 Å². The molecule has 0 saturated carbocycles. The second-order valence-electron chi connectivity index (χ2n) is 2.81. The van der Waals surface area contributed by atoms with Crippen molar-refractivity contribution in [2.24, 2.45) is 5.73 Å². The fourth-order valence-corrected chi connectivity index (χ4v) is 1.47. The number of nitriles is 1. The van der Waals surface area contributed by atoms with Gasteiger partial charge in [-0.25, -0.2) is 13.8 Å². The molecule has 0 aliphatic carbocycles. The predicted octanol–water partition coefficient (Wildman–Crippen LogP) is 2.20. The number of alkyl halides is 2. The first-order valence-corrected chi connectivity index (χ1v) is 4.51. The Morgan fingerprint density at radius 3 is 2.73 bits per heavy atom. The van der Waals surface area contributed by atoms with Crippen molar-refractivity contribution in [2.45, 2.75) is 19.4 Å². The van der Waals surface area contributed by atoms with Crippen molar-refractivity contribution in [2.75, 3.05) is 0 Å². The van der Waals surface area contributed by atoms with Gasteiger partial charge in [-0.15, -0.1) is 0 Å². The smallest absolute Gasteiger partial charge is 0.264 e. The van der Waals surface area contributed by atoms with Gasteiger partial charge in [-0.2, -0.15) is 5.26 Å². The van der Waals surface area contributed by atoms with Crippen molar-refractivity contribution in [3.63, 3.8) is 0 Å². The van der Waals surface area contributed by atoms with Crippen LogP contribution in [0.2, 0.25) is 5.15 Å². The van der Waals surface area contributed by atoms with E-state index in [0.29, 0.717) is 0 Å². The summed E-state index contributed by atoms with van der Waals surface area (Å²) in [5.41, 5.74) is 5.41. The van der Waals surface area contributed by atoms with Gasteiger partial charge >= 0.3 is 0 Å². The Morgan fingerprint density at radius 2 is 2.27 bits per heavy atom. The maximum absolute atomic E-state index is 12.6. The van der Waals surface area contributed by atoms with Gasteiger partial charge in [0.25, 0.3) is 6.43 Å². The first kappa shape index (κ1) is 11.8. The Kier molecular flexibility index (Phi) is 3.95. The van der Waals surface area contributed by atoms with Crippen LogP contribution in [0.3, 0.4) is 0 Å². The summed E-state index contributed by atoms with van der Waals surface area (Å²) in [5, 5.41) is 8.37. The van der Waals surface area contributed by atoms with E-state index in [1.807, 2.05) is 6.07 Å². The molecule has 80 valence electrons. The standard InChI is InChI=1S/C9H8ClF2N3/c10-8-7(4-14)6(9(11)12)3-5(15-8)1-2-13/h3,9H,1,4,14H2. The van der Waals surface area contributed by atoms with E-state index in [4.69, 9.17) is 22.6 Å². The van der Waals surface area contributed by atoms with E-state index < -0.39 is 6.43 Å². The molecule has 0 aliphatic heterocycles. The molecule has 0 amide bonds. The zero-order valence-corrected chi connectivity index (χ0v) is 8.43. The van der Waals surface area contributed by atoms with Crippen LogP contribution in [0.5, 0.6) is 0 Å². The molecule has 0 spiro atoms. The van der Waals surface area contributed by atoms with Crippen LogP contribution in [0.25, 0.3) is 0 Å². The molecule has 2 N–H and O–H groups in total. The van der Waals surface area contributed by atoms with Gasteiger partial charge in [0.2, 0.25) is 0 Å². The molecule has 0 atom stereocenters. The molecule has 0 bridgehead atoms. The average Bonchev–Trinajstić information content (AvgIpc) is 2.17. The van der Waals surface area contributed by atoms with Gasteiger partial charge < -0.3 is 5.73 Å². The van der Waals surface area contributed by atoms with Crippen LogP contribution in [0.4, 0.5) is 8.78 Å². The van der Waals surface area contributed by atoms with Crippen molar-refractivity contribution in [3.8, 4) is 6.07 Å². The highest BCUT2D eigenvalue weighted by molar-refractivity contribution is 6.30. The Labute approximate surface area is 90.5 Å². The zero-order valence-electron chi connectivity index (χ0n) is 7.67. The summed E-state index contributed by atoms with van der Waals surface area (Å²) in [4.78, 5) is 3.81. The maximum Gasteiger partial charge on any atom is 0.264 e. The predicted molar refractivity (Wildman–Crippen MR) is 51.4 cm³/mol. The molecule has 1 heterocycles. The maximum atomic E-state index is 12.6. The molecule has 1 aromatic rings. The van der Waals surface area contributed by atoms with Crippen molar-refractivity contribution < 1.29 is 8.78 Å². The molecular formula is C9H8ClF2N3. The number of halogens is 3. The Bertz CT molecular complexity index is 401. The molecule has 3 nitrogen and oxygen atoms in total. The summed E-state index contributed by atoms with van der Waals surface area (Å²) >= 11 is 5.68. The number of nitrogens with zero attached hydrogens (tertiary/aromatic N) is 2. The van der Waals surface area contributed by atoms with E-state index in [2.05, 4.69) is 4.98 Å². The summed E-state index contributed by atoms with van der Waals surface area (Å²) in [6.45, 7) is -0.0989. The van der Waals surface area contributed by atoms with Gasteiger partial charge in [-0.05, 0) is 6.07 Å². The third-order valence-electron chi connectivity index (χ3n) is 1.86. The normalized spacial score (nSPS) is 10.4. The molecule has 0 radical (unpaired) electrons. The van der Waals surface area contributed by atoms with Crippen LogP contribution in [-0.4, -0.2) is 4.98 Å². The molecule has 0 unspecified atom stereocenters. The van der Waals surface area contributed by atoms with Crippen LogP contribution < -0.4 is 5.73 Å². The summed E-state index contributed by atoms with van der Waals surface area (Å²) in [6.07, 6.45) is -2.72. The lowest BCUT2D eigenvalue weighted by Gasteiger charge is -2.09. The molecule has 0 saturated heterocycles. The van der Waals surface area contributed by atoms with Gasteiger partial charge in [0, 0.05) is 17.7 Å². The van der Waals surface area contributed by atoms with Crippen molar-refractivity contribution >= 4 is 11.6 Å². The highest BCUT2D eigenvalue weighted by atomic mass is 35.5. The van der Waals surface area contributed by atoms with E-state index >= 15 is 0 Å². The second-order valence-corrected chi connectivity index (χ2v) is 3.17. The Hall–Kier alpha value is -1.25. The van der Waals surface area contributed by atoms with E-state index in [0.717, 1.165) is 0 Å². The lowest BCUT2D eigenvalue weighted by Crippen LogP contribution is -2.06. The van der Waals surface area contributed by atoms with Crippen molar-refractivity contribution in [1.82, 2.24) is 4.98 Å². The first-order valence-electron chi connectivity index (χ1n) is 4.13. The van der Waals surface area contributed by atoms with E-state index in [1.54, 1.807) is 0 Å². The van der Waals surface area contributed by atoms with Gasteiger partial charge in [0.05, 0.1) is 18.2 Å². The summed E-state index contributed by atoms with van der Waals surface area (Å²) in [6, 6.07) is 2.99. The van der Waals surface area contributed by atoms with Crippen molar-refractivity contribution in [1.29, 1.82) is 5.26 Å². The molecular weight excluding hydrogens is 224 g/mol. The minimum atomic E-state index is -2.67. The number of hydrogen-bond acceptors (Lipinski definition) is 3. The van der Waals surface area contributed by atoms with Gasteiger partial charge in [-0.1, -0.05) is 11.6 Å². The number of rotatable bonds is 3. The highest BCUT2D eigenvalue weighted by Crippen LogP contribution is 2.27. The third kappa shape index (κ3) is 2.61. The summed E-state index contributed by atoms with van der Waals surface area (Å²) in [5.74, 6) is 0. The first-order chi connectivity index (χ1) is 7.10. The molecule has 6 heteroatoms. The number of nitrogens with two attached hydrogens (primary N) is 1. The largest absolute Gasteiger partial charge is 0.326 e. The number of hydrogen-bond donors (Lipinski definition) is 1. The molecule has 1 aromatic heterocycles. The fourth-order valence-electron chi connectivity index (χ4n) is 1.18. The van der Waals surface area contributed by atoms with Crippen LogP contribution in [-0.2, 0) is 13.0 Å². The monoisotopic (exact) mass is 231 g/mol. The lowest BCUT2D eigenvalue weighted by molar-refractivity contribution is 0.150. The van der Waals surface area contributed by atoms with Crippen LogP contribution in [0.15, 0.2) is 6.07 Å². The topological polar surface area (TPSA) is 62.7 Å². The third-order valence-corrected chi connectivity index (χ3v) is 2.17. The number of aromatic nitrogens is 1. The van der Waals surface area contributed by atoms with Crippen LogP contribution in [0, 0.1) is 11.3 Å². The minimum Gasteiger partial charge on any atom is -0.326 e. The molecule has 1 rings (SSSR count). The summed E-state index contributed by atoms with van der Waals surface area (Å²) in [7, 11) is 0. The van der Waals surface area contributed by atoms with Gasteiger partial charge in [0.1, 0.15) is 5.15 Å². The van der Waals surface area contributed by atoms with Gasteiger partial charge in [-0.3, -0.25) is 0 Å². The van der Waals surface area contributed by atoms with E-state index in [9.17, 15) is 8.78 Å². The molecule has 0 aromatic carbocycles. The number of pyridine rings is 1. The minimum absolute atomic E-state index is 0.0513. The lowest BCUT2D eigenvalue weighted by atomic mass is 10.1. The van der Waals surface area contributed by atoms with Crippen LogP contribution >= 0.6 is 11.6 Å². The second kappa shape index (κ2) is 5.01. The van der Waals surface area contributed by atoms with Crippen LogP contribution in [0.1, 0.15) is 23.2 Å². The summed E-state index contributed by atoms with van der Waals surface area (Å²) < 4.78 is 25.2. The zero-order chi connectivity index (χ0) is 11.4. The van der Waals surface area contributed by atoms with Crippen molar-refractivity contribution in [3.05, 3.63) is 28.0 Å². The van der Waals surface area contributed by atoms with E-state index in [-0.39, 0.29) is 34.9 Å². The average molecular weight is 232 g/mol. The quantitative estimate of drug-likeness (QED) is 0.811. The van der Waals surface area contributed by atoms with Gasteiger partial charge in [0.15, 0.2) is 0 Å². The fraction of sp³-hybridized carbons (Fsp3) is 0.333. The Balaban J connectivity index is 3.27. The molecule has 15 heavy (non-hydrogen) atoms. The highest BCUT2D eigenvalue weighted by Gasteiger charge is 2.17.